The third kappa shape index (κ3) is 3.03. The highest BCUT2D eigenvalue weighted by Gasteiger charge is 2.41. The predicted octanol–water partition coefficient (Wildman–Crippen LogP) is 2.81. The van der Waals surface area contributed by atoms with E-state index >= 15 is 0 Å². The maximum atomic E-state index is 13.3. The molecular weight excluding hydrogens is 257 g/mol. The molecule has 20 heavy (non-hydrogen) atoms. The number of nitrogens with one attached hydrogen (secondary N) is 1. The third-order valence-electron chi connectivity index (χ3n) is 4.39. The fourth-order valence-electron chi connectivity index (χ4n) is 3.26. The standard InChI is InChI=1S/C16H22FNO2/c1-12(13-3-2-4-14(17)9-13)18-15-5-7-20-16(10-15)6-8-19-11-16/h2-4,9,12,15,18H,5-8,10-11H2,1H3/t12-,15?,16?/m0/s1. The lowest BCUT2D eigenvalue weighted by Crippen LogP contribution is -2.48. The Kier molecular flexibility index (Phi) is 4.06. The molecule has 3 atom stereocenters. The van der Waals surface area contributed by atoms with Crippen LogP contribution in [0.2, 0.25) is 0 Å². The van der Waals surface area contributed by atoms with Gasteiger partial charge in [-0.3, -0.25) is 0 Å². The lowest BCUT2D eigenvalue weighted by Gasteiger charge is -2.38. The highest BCUT2D eigenvalue weighted by molar-refractivity contribution is 5.19. The molecular formula is C16H22FNO2. The largest absolute Gasteiger partial charge is 0.378 e. The highest BCUT2D eigenvalue weighted by atomic mass is 19.1. The molecule has 3 nitrogen and oxygen atoms in total. The van der Waals surface area contributed by atoms with Crippen molar-refractivity contribution in [2.45, 2.75) is 43.9 Å². The van der Waals surface area contributed by atoms with Crippen LogP contribution >= 0.6 is 0 Å². The molecule has 1 spiro atoms. The Morgan fingerprint density at radius 2 is 2.30 bits per heavy atom. The van der Waals surface area contributed by atoms with Gasteiger partial charge in [0.1, 0.15) is 5.82 Å². The van der Waals surface area contributed by atoms with Crippen molar-refractivity contribution in [2.75, 3.05) is 19.8 Å². The van der Waals surface area contributed by atoms with Crippen LogP contribution in [0.1, 0.15) is 37.8 Å². The molecule has 1 aromatic carbocycles. The molecule has 0 radical (unpaired) electrons. The van der Waals surface area contributed by atoms with Gasteiger partial charge < -0.3 is 14.8 Å². The number of hydrogen-bond donors (Lipinski definition) is 1. The van der Waals surface area contributed by atoms with Gasteiger partial charge in [0.25, 0.3) is 0 Å². The Morgan fingerprint density at radius 1 is 1.40 bits per heavy atom. The summed E-state index contributed by atoms with van der Waals surface area (Å²) in [6.45, 7) is 4.37. The van der Waals surface area contributed by atoms with E-state index in [1.807, 2.05) is 6.07 Å². The van der Waals surface area contributed by atoms with Crippen LogP contribution in [0, 0.1) is 5.82 Å². The van der Waals surface area contributed by atoms with Gasteiger partial charge in [0.15, 0.2) is 0 Å². The van der Waals surface area contributed by atoms with Gasteiger partial charge in [0.2, 0.25) is 0 Å². The SMILES string of the molecule is C[C@H](NC1CCOC2(CCOC2)C1)c1cccc(F)c1. The lowest BCUT2D eigenvalue weighted by atomic mass is 9.89. The molecule has 110 valence electrons. The van der Waals surface area contributed by atoms with Crippen LogP contribution in [0.4, 0.5) is 4.39 Å². The fraction of sp³-hybridized carbons (Fsp3) is 0.625. The summed E-state index contributed by atoms with van der Waals surface area (Å²) in [6.07, 6.45) is 2.97. The van der Waals surface area contributed by atoms with Gasteiger partial charge in [-0.2, -0.15) is 0 Å². The number of rotatable bonds is 3. The quantitative estimate of drug-likeness (QED) is 0.923. The van der Waals surface area contributed by atoms with Crippen LogP contribution in [0.3, 0.4) is 0 Å². The first-order chi connectivity index (χ1) is 9.67. The molecule has 0 saturated carbocycles. The molecule has 0 bridgehead atoms. The van der Waals surface area contributed by atoms with Gasteiger partial charge in [-0.1, -0.05) is 12.1 Å². The summed E-state index contributed by atoms with van der Waals surface area (Å²) in [6, 6.07) is 7.37. The Morgan fingerprint density at radius 3 is 3.05 bits per heavy atom. The Balaban J connectivity index is 1.62. The highest BCUT2D eigenvalue weighted by Crippen LogP contribution is 2.33. The first-order valence-electron chi connectivity index (χ1n) is 7.40. The summed E-state index contributed by atoms with van der Waals surface area (Å²) in [5.41, 5.74) is 0.908. The topological polar surface area (TPSA) is 30.5 Å². The molecule has 2 saturated heterocycles. The van der Waals surface area contributed by atoms with E-state index in [9.17, 15) is 4.39 Å². The Hall–Kier alpha value is -0.970. The minimum absolute atomic E-state index is 0.0857. The van der Waals surface area contributed by atoms with E-state index < -0.39 is 0 Å². The van der Waals surface area contributed by atoms with Crippen LogP contribution in [-0.2, 0) is 9.47 Å². The summed E-state index contributed by atoms with van der Waals surface area (Å²) < 4.78 is 24.7. The summed E-state index contributed by atoms with van der Waals surface area (Å²) in [4.78, 5) is 0. The van der Waals surface area contributed by atoms with Gasteiger partial charge >= 0.3 is 0 Å². The molecule has 4 heteroatoms. The lowest BCUT2D eigenvalue weighted by molar-refractivity contribution is -0.0902. The van der Waals surface area contributed by atoms with E-state index in [2.05, 4.69) is 12.2 Å². The Bertz CT molecular complexity index is 460. The smallest absolute Gasteiger partial charge is 0.123 e. The second-order valence-electron chi connectivity index (χ2n) is 5.97. The molecule has 2 aliphatic heterocycles. The number of hydrogen-bond acceptors (Lipinski definition) is 3. The first-order valence-corrected chi connectivity index (χ1v) is 7.40. The third-order valence-corrected chi connectivity index (χ3v) is 4.39. The zero-order valence-electron chi connectivity index (χ0n) is 11.9. The summed E-state index contributed by atoms with van der Waals surface area (Å²) in [7, 11) is 0. The average molecular weight is 279 g/mol. The Labute approximate surface area is 119 Å². The molecule has 2 aliphatic rings. The van der Waals surface area contributed by atoms with Crippen LogP contribution in [0.5, 0.6) is 0 Å². The van der Waals surface area contributed by atoms with Crippen molar-refractivity contribution >= 4 is 0 Å². The molecule has 2 heterocycles. The van der Waals surface area contributed by atoms with Crippen molar-refractivity contribution < 1.29 is 13.9 Å². The molecule has 0 aliphatic carbocycles. The van der Waals surface area contributed by atoms with Crippen molar-refractivity contribution in [1.29, 1.82) is 0 Å². The molecule has 1 aromatic rings. The normalized spacial score (nSPS) is 31.6. The molecule has 2 unspecified atom stereocenters. The molecule has 0 amide bonds. The maximum Gasteiger partial charge on any atom is 0.123 e. The van der Waals surface area contributed by atoms with Crippen molar-refractivity contribution in [3.8, 4) is 0 Å². The molecule has 1 N–H and O–H groups in total. The van der Waals surface area contributed by atoms with E-state index in [0.717, 1.165) is 38.0 Å². The van der Waals surface area contributed by atoms with E-state index in [4.69, 9.17) is 9.47 Å². The number of halogens is 1. The zero-order chi connectivity index (χ0) is 14.0. The van der Waals surface area contributed by atoms with E-state index in [1.165, 1.54) is 6.07 Å². The second kappa shape index (κ2) is 5.80. The number of benzene rings is 1. The summed E-state index contributed by atoms with van der Waals surface area (Å²) >= 11 is 0. The fourth-order valence-corrected chi connectivity index (χ4v) is 3.26. The maximum absolute atomic E-state index is 13.3. The van der Waals surface area contributed by atoms with Gasteiger partial charge in [-0.25, -0.2) is 4.39 Å². The summed E-state index contributed by atoms with van der Waals surface area (Å²) in [5, 5.41) is 3.61. The van der Waals surface area contributed by atoms with Crippen molar-refractivity contribution in [3.63, 3.8) is 0 Å². The van der Waals surface area contributed by atoms with Crippen molar-refractivity contribution in [3.05, 3.63) is 35.6 Å². The van der Waals surface area contributed by atoms with Gasteiger partial charge in [0, 0.05) is 31.7 Å². The monoisotopic (exact) mass is 279 g/mol. The van der Waals surface area contributed by atoms with E-state index in [-0.39, 0.29) is 17.5 Å². The van der Waals surface area contributed by atoms with Crippen LogP contribution < -0.4 is 5.32 Å². The van der Waals surface area contributed by atoms with Gasteiger partial charge in [-0.05, 0) is 37.5 Å². The second-order valence-corrected chi connectivity index (χ2v) is 5.97. The molecule has 3 rings (SSSR count). The van der Waals surface area contributed by atoms with Crippen LogP contribution in [-0.4, -0.2) is 31.5 Å². The van der Waals surface area contributed by atoms with Crippen LogP contribution in [0.15, 0.2) is 24.3 Å². The molecule has 2 fully saturated rings. The number of ether oxygens (including phenoxy) is 2. The first kappa shape index (κ1) is 14.0. The molecule has 0 aromatic heterocycles. The van der Waals surface area contributed by atoms with E-state index in [0.29, 0.717) is 12.6 Å². The predicted molar refractivity (Wildman–Crippen MR) is 75.1 cm³/mol. The van der Waals surface area contributed by atoms with Gasteiger partial charge in [0.05, 0.1) is 12.2 Å². The summed E-state index contributed by atoms with van der Waals surface area (Å²) in [5.74, 6) is -0.177. The minimum atomic E-state index is -0.177. The van der Waals surface area contributed by atoms with E-state index in [1.54, 1.807) is 12.1 Å². The minimum Gasteiger partial charge on any atom is -0.378 e. The van der Waals surface area contributed by atoms with Crippen molar-refractivity contribution in [1.82, 2.24) is 5.32 Å². The average Bonchev–Trinajstić information content (AvgIpc) is 2.87. The van der Waals surface area contributed by atoms with Crippen molar-refractivity contribution in [2.24, 2.45) is 0 Å². The zero-order valence-corrected chi connectivity index (χ0v) is 11.9. The van der Waals surface area contributed by atoms with Gasteiger partial charge in [-0.15, -0.1) is 0 Å². The van der Waals surface area contributed by atoms with Crippen LogP contribution in [0.25, 0.3) is 0 Å².